The smallest absolute Gasteiger partial charge is 0.296 e. The minimum absolute atomic E-state index is 0.0491. The van der Waals surface area contributed by atoms with Gasteiger partial charge in [-0.1, -0.05) is 0 Å². The fourth-order valence-corrected chi connectivity index (χ4v) is 2.42. The molecule has 1 N–H and O–H groups in total. The zero-order chi connectivity index (χ0) is 16.4. The maximum absolute atomic E-state index is 11.0. The summed E-state index contributed by atoms with van der Waals surface area (Å²) in [6, 6.07) is 1.33. The maximum atomic E-state index is 11.0. The highest BCUT2D eigenvalue weighted by Gasteiger charge is 2.31. The predicted octanol–water partition coefficient (Wildman–Crippen LogP) is 2.27. The van der Waals surface area contributed by atoms with Gasteiger partial charge in [0.25, 0.3) is 17.1 Å². The summed E-state index contributed by atoms with van der Waals surface area (Å²) in [7, 11) is 0. The van der Waals surface area contributed by atoms with Crippen molar-refractivity contribution in [3.05, 3.63) is 42.5 Å². The molecule has 0 spiro atoms. The molecule has 0 saturated heterocycles. The number of hydrogen-bond acceptors (Lipinski definition) is 8. The molecule has 0 radical (unpaired) electrons. The van der Waals surface area contributed by atoms with Crippen LogP contribution in [0.15, 0.2) is 17.0 Å². The Bertz CT molecular complexity index is 576. The molecule has 1 rings (SSSR count). The van der Waals surface area contributed by atoms with Gasteiger partial charge in [-0.15, -0.1) is 11.8 Å². The highest BCUT2D eigenvalue weighted by atomic mass is 32.2. The Hall–Kier alpha value is -2.27. The molecule has 21 heavy (non-hydrogen) atoms. The maximum Gasteiger partial charge on any atom is 0.296 e. The molecule has 11 heteroatoms. The van der Waals surface area contributed by atoms with Crippen molar-refractivity contribution < 1.29 is 19.9 Å². The molecule has 1 aromatic rings. The molecule has 0 amide bonds. The largest absolute Gasteiger partial charge is 0.390 e. The lowest BCUT2D eigenvalue weighted by molar-refractivity contribution is -0.407. The zero-order valence-corrected chi connectivity index (χ0v) is 11.8. The monoisotopic (exact) mass is 317 g/mol. The number of aliphatic hydroxyl groups is 1. The van der Waals surface area contributed by atoms with Crippen molar-refractivity contribution in [3.8, 4) is 0 Å². The standard InChI is InChI=1S/C10H11N3O7S/c1-10(2,14)5-21-9-7(12(17)18)3-6(11(15)16)4-8(9)13(19)20/h3-4,14H,5H2,1-2H3. The number of nitrogens with zero attached hydrogens (tertiary/aromatic N) is 3. The van der Waals surface area contributed by atoms with Gasteiger partial charge in [-0.2, -0.15) is 0 Å². The average molecular weight is 317 g/mol. The second kappa shape index (κ2) is 6.01. The van der Waals surface area contributed by atoms with E-state index < -0.39 is 37.4 Å². The van der Waals surface area contributed by atoms with Crippen molar-refractivity contribution in [2.24, 2.45) is 0 Å². The van der Waals surface area contributed by atoms with Crippen molar-refractivity contribution >= 4 is 28.8 Å². The molecule has 10 nitrogen and oxygen atoms in total. The van der Waals surface area contributed by atoms with Gasteiger partial charge < -0.3 is 5.11 Å². The van der Waals surface area contributed by atoms with Crippen LogP contribution in [0.5, 0.6) is 0 Å². The third kappa shape index (κ3) is 4.36. The van der Waals surface area contributed by atoms with Crippen LogP contribution in [0.4, 0.5) is 17.1 Å². The lowest BCUT2D eigenvalue weighted by Gasteiger charge is -2.15. The number of benzene rings is 1. The van der Waals surface area contributed by atoms with Crippen molar-refractivity contribution in [1.82, 2.24) is 0 Å². The molecule has 0 aliphatic heterocycles. The molecular formula is C10H11N3O7S. The summed E-state index contributed by atoms with van der Waals surface area (Å²) >= 11 is 0.702. The van der Waals surface area contributed by atoms with Gasteiger partial charge in [0.1, 0.15) is 0 Å². The quantitative estimate of drug-likeness (QED) is 0.476. The number of nitro groups is 3. The summed E-state index contributed by atoms with van der Waals surface area (Å²) in [5.74, 6) is -0.0491. The summed E-state index contributed by atoms with van der Waals surface area (Å²) in [6.07, 6.45) is 0. The normalized spacial score (nSPS) is 11.2. The van der Waals surface area contributed by atoms with Crippen LogP contribution in [-0.2, 0) is 0 Å². The fourth-order valence-electron chi connectivity index (χ4n) is 1.36. The summed E-state index contributed by atoms with van der Waals surface area (Å²) in [5.41, 5.74) is -3.41. The van der Waals surface area contributed by atoms with Crippen molar-refractivity contribution in [2.45, 2.75) is 24.3 Å². The number of nitro benzene ring substituents is 3. The second-order valence-corrected chi connectivity index (χ2v) is 5.67. The molecule has 0 heterocycles. The van der Waals surface area contributed by atoms with E-state index in [-0.39, 0.29) is 10.6 Å². The Morgan fingerprint density at radius 3 is 1.76 bits per heavy atom. The summed E-state index contributed by atoms with van der Waals surface area (Å²) in [4.78, 5) is 29.5. The van der Waals surface area contributed by atoms with E-state index in [1.165, 1.54) is 13.8 Å². The molecule has 0 aromatic heterocycles. The second-order valence-electron chi connectivity index (χ2n) is 4.69. The molecule has 114 valence electrons. The highest BCUT2D eigenvalue weighted by Crippen LogP contribution is 2.41. The van der Waals surface area contributed by atoms with Crippen molar-refractivity contribution in [1.29, 1.82) is 0 Å². The van der Waals surface area contributed by atoms with Crippen LogP contribution in [-0.4, -0.2) is 31.2 Å². The van der Waals surface area contributed by atoms with Crippen LogP contribution >= 0.6 is 11.8 Å². The summed E-state index contributed by atoms with van der Waals surface area (Å²) in [6.45, 7) is 2.87. The molecule has 0 fully saturated rings. The molecule has 0 saturated carbocycles. The van der Waals surface area contributed by atoms with Gasteiger partial charge >= 0.3 is 0 Å². The number of non-ortho nitro benzene ring substituents is 1. The van der Waals surface area contributed by atoms with Crippen LogP contribution in [0.3, 0.4) is 0 Å². The summed E-state index contributed by atoms with van der Waals surface area (Å²) in [5, 5.41) is 42.3. The van der Waals surface area contributed by atoms with Crippen molar-refractivity contribution in [2.75, 3.05) is 5.75 Å². The molecule has 1 aromatic carbocycles. The number of thioether (sulfide) groups is 1. The Balaban J connectivity index is 3.46. The number of rotatable bonds is 6. The SMILES string of the molecule is CC(C)(O)CSc1c([N+](=O)[O-])cc([N+](=O)[O-])cc1[N+](=O)[O-]. The van der Waals surface area contributed by atoms with Gasteiger partial charge in [0.2, 0.25) is 0 Å². The summed E-state index contributed by atoms with van der Waals surface area (Å²) < 4.78 is 0. The Morgan fingerprint density at radius 2 is 1.48 bits per heavy atom. The van der Waals surface area contributed by atoms with E-state index in [2.05, 4.69) is 0 Å². The lowest BCUT2D eigenvalue weighted by Crippen LogP contribution is -2.21. The third-order valence-corrected chi connectivity index (χ3v) is 3.77. The highest BCUT2D eigenvalue weighted by molar-refractivity contribution is 7.99. The first-order chi connectivity index (χ1) is 9.53. The van der Waals surface area contributed by atoms with E-state index >= 15 is 0 Å². The first-order valence-electron chi connectivity index (χ1n) is 5.49. The van der Waals surface area contributed by atoms with Gasteiger partial charge in [0, 0.05) is 5.75 Å². The molecule has 0 aliphatic carbocycles. The number of hydrogen-bond donors (Lipinski definition) is 1. The van der Waals surface area contributed by atoms with Gasteiger partial charge in [0.15, 0.2) is 4.90 Å². The molecule has 0 bridgehead atoms. The van der Waals surface area contributed by atoms with E-state index in [4.69, 9.17) is 0 Å². The Labute approximate surface area is 122 Å². The third-order valence-electron chi connectivity index (χ3n) is 2.21. The Morgan fingerprint density at radius 1 is 1.05 bits per heavy atom. The first kappa shape index (κ1) is 16.8. The lowest BCUT2D eigenvalue weighted by atomic mass is 10.2. The van der Waals surface area contributed by atoms with E-state index in [1.807, 2.05) is 0 Å². The van der Waals surface area contributed by atoms with Gasteiger partial charge in [-0.3, -0.25) is 30.3 Å². The minimum atomic E-state index is -1.21. The molecule has 0 aliphatic rings. The molecule has 0 unspecified atom stereocenters. The van der Waals surface area contributed by atoms with Crippen LogP contribution in [0.1, 0.15) is 13.8 Å². The predicted molar refractivity (Wildman–Crippen MR) is 73.4 cm³/mol. The Kier molecular flexibility index (Phi) is 4.80. The molecule has 0 atom stereocenters. The van der Waals surface area contributed by atoms with Gasteiger partial charge in [-0.25, -0.2) is 0 Å². The average Bonchev–Trinajstić information content (AvgIpc) is 2.33. The van der Waals surface area contributed by atoms with Gasteiger partial charge in [-0.05, 0) is 13.8 Å². The van der Waals surface area contributed by atoms with Crippen LogP contribution in [0.25, 0.3) is 0 Å². The van der Waals surface area contributed by atoms with E-state index in [0.29, 0.717) is 23.9 Å². The van der Waals surface area contributed by atoms with Gasteiger partial charge in [0.05, 0.1) is 32.5 Å². The van der Waals surface area contributed by atoms with E-state index in [1.54, 1.807) is 0 Å². The van der Waals surface area contributed by atoms with Crippen LogP contribution < -0.4 is 0 Å². The first-order valence-corrected chi connectivity index (χ1v) is 6.48. The molecular weight excluding hydrogens is 306 g/mol. The van der Waals surface area contributed by atoms with Crippen LogP contribution in [0, 0.1) is 30.3 Å². The zero-order valence-electron chi connectivity index (χ0n) is 11.0. The van der Waals surface area contributed by atoms with Crippen LogP contribution in [0.2, 0.25) is 0 Å². The topological polar surface area (TPSA) is 150 Å². The minimum Gasteiger partial charge on any atom is -0.390 e. The van der Waals surface area contributed by atoms with E-state index in [9.17, 15) is 35.4 Å². The fraction of sp³-hybridized carbons (Fsp3) is 0.400. The van der Waals surface area contributed by atoms with E-state index in [0.717, 1.165) is 0 Å². The van der Waals surface area contributed by atoms with Crippen molar-refractivity contribution in [3.63, 3.8) is 0 Å².